The zero-order chi connectivity index (χ0) is 18.7. The van der Waals surface area contributed by atoms with Crippen molar-refractivity contribution in [2.75, 3.05) is 6.54 Å². The Morgan fingerprint density at radius 3 is 2.81 bits per heavy atom. The monoisotopic (exact) mass is 359 g/mol. The number of likely N-dealkylation sites (tertiary alicyclic amines) is 1. The van der Waals surface area contributed by atoms with Crippen molar-refractivity contribution in [2.45, 2.75) is 51.1 Å². The standard InChI is InChI=1S/C19H25N3O4/c1-13-8-16(26-21-13)10-18(24)22-12-15(23)9-17(22)19(2,25)20-11-14-6-4-3-5-7-14/h3-8,15,17,20,23,25H,9-12H2,1-2H3/t15-,17+,19?/m1/s1. The van der Waals surface area contributed by atoms with Gasteiger partial charge in [-0.2, -0.15) is 0 Å². The molecule has 1 aliphatic heterocycles. The molecule has 1 aliphatic rings. The Morgan fingerprint density at radius 2 is 2.15 bits per heavy atom. The quantitative estimate of drug-likeness (QED) is 0.665. The predicted octanol–water partition coefficient (Wildman–Crippen LogP) is 0.986. The molecule has 1 aromatic carbocycles. The van der Waals surface area contributed by atoms with Gasteiger partial charge in [0.25, 0.3) is 0 Å². The molecular formula is C19H25N3O4. The normalized spacial score (nSPS) is 22.4. The zero-order valence-electron chi connectivity index (χ0n) is 15.1. The molecule has 26 heavy (non-hydrogen) atoms. The summed E-state index contributed by atoms with van der Waals surface area (Å²) >= 11 is 0. The maximum Gasteiger partial charge on any atom is 0.230 e. The molecule has 1 fully saturated rings. The van der Waals surface area contributed by atoms with Gasteiger partial charge < -0.3 is 19.6 Å². The van der Waals surface area contributed by atoms with Gasteiger partial charge in [0.05, 0.1) is 24.3 Å². The van der Waals surface area contributed by atoms with Crippen molar-refractivity contribution in [1.29, 1.82) is 0 Å². The van der Waals surface area contributed by atoms with Crippen molar-refractivity contribution in [3.8, 4) is 0 Å². The SMILES string of the molecule is Cc1cc(CC(=O)N2C[C@H](O)C[C@H]2C(C)(O)NCc2ccccc2)on1. The van der Waals surface area contributed by atoms with Gasteiger partial charge in [-0.1, -0.05) is 35.5 Å². The highest BCUT2D eigenvalue weighted by Gasteiger charge is 2.44. The molecule has 0 radical (unpaired) electrons. The van der Waals surface area contributed by atoms with Gasteiger partial charge in [-0.05, 0) is 25.8 Å². The number of rotatable bonds is 6. The molecule has 1 saturated heterocycles. The molecule has 3 N–H and O–H groups in total. The fraction of sp³-hybridized carbons (Fsp3) is 0.474. The summed E-state index contributed by atoms with van der Waals surface area (Å²) in [5.74, 6) is 0.272. The molecule has 0 aliphatic carbocycles. The van der Waals surface area contributed by atoms with Gasteiger partial charge in [0.15, 0.2) is 0 Å². The van der Waals surface area contributed by atoms with E-state index in [9.17, 15) is 15.0 Å². The van der Waals surface area contributed by atoms with E-state index in [-0.39, 0.29) is 18.9 Å². The van der Waals surface area contributed by atoms with Crippen molar-refractivity contribution in [1.82, 2.24) is 15.4 Å². The number of aryl methyl sites for hydroxylation is 1. The number of carbonyl (C=O) groups excluding carboxylic acids is 1. The minimum Gasteiger partial charge on any atom is -0.391 e. The molecule has 1 aromatic heterocycles. The molecule has 1 amide bonds. The van der Waals surface area contributed by atoms with Crippen LogP contribution in [0.5, 0.6) is 0 Å². The average molecular weight is 359 g/mol. The van der Waals surface area contributed by atoms with E-state index >= 15 is 0 Å². The van der Waals surface area contributed by atoms with Crippen molar-refractivity contribution >= 4 is 5.91 Å². The minimum atomic E-state index is -1.33. The lowest BCUT2D eigenvalue weighted by Crippen LogP contribution is -2.58. The van der Waals surface area contributed by atoms with Crippen LogP contribution in [0.3, 0.4) is 0 Å². The smallest absolute Gasteiger partial charge is 0.230 e. The molecule has 3 atom stereocenters. The Bertz CT molecular complexity index is 744. The summed E-state index contributed by atoms with van der Waals surface area (Å²) in [6, 6.07) is 10.9. The van der Waals surface area contributed by atoms with E-state index in [0.717, 1.165) is 5.56 Å². The lowest BCUT2D eigenvalue weighted by atomic mass is 10.0. The predicted molar refractivity (Wildman–Crippen MR) is 95.0 cm³/mol. The zero-order valence-corrected chi connectivity index (χ0v) is 15.1. The molecule has 0 bridgehead atoms. The molecule has 7 nitrogen and oxygen atoms in total. The number of aliphatic hydroxyl groups is 2. The first-order valence-corrected chi connectivity index (χ1v) is 8.76. The minimum absolute atomic E-state index is 0.0544. The van der Waals surface area contributed by atoms with Crippen LogP contribution in [0.4, 0.5) is 0 Å². The summed E-state index contributed by atoms with van der Waals surface area (Å²) in [4.78, 5) is 14.2. The van der Waals surface area contributed by atoms with Crippen LogP contribution in [0.1, 0.15) is 30.4 Å². The van der Waals surface area contributed by atoms with Crippen LogP contribution >= 0.6 is 0 Å². The van der Waals surface area contributed by atoms with Gasteiger partial charge in [0.1, 0.15) is 11.5 Å². The van der Waals surface area contributed by atoms with Crippen LogP contribution < -0.4 is 5.32 Å². The second kappa shape index (κ2) is 7.57. The lowest BCUT2D eigenvalue weighted by molar-refractivity contribution is -0.138. The average Bonchev–Trinajstić information content (AvgIpc) is 3.20. The third-order valence-electron chi connectivity index (χ3n) is 4.74. The summed E-state index contributed by atoms with van der Waals surface area (Å²) in [5, 5.41) is 27.9. The first kappa shape index (κ1) is 18.6. The van der Waals surface area contributed by atoms with Crippen LogP contribution in [-0.4, -0.2) is 50.6 Å². The fourth-order valence-electron chi connectivity index (χ4n) is 3.37. The van der Waals surface area contributed by atoms with Gasteiger partial charge in [0.2, 0.25) is 5.91 Å². The number of hydrogen-bond donors (Lipinski definition) is 3. The van der Waals surface area contributed by atoms with Crippen molar-refractivity contribution < 1.29 is 19.5 Å². The van der Waals surface area contributed by atoms with Gasteiger partial charge in [-0.3, -0.25) is 10.1 Å². The highest BCUT2D eigenvalue weighted by molar-refractivity contribution is 5.79. The highest BCUT2D eigenvalue weighted by Crippen LogP contribution is 2.27. The number of nitrogens with one attached hydrogen (secondary N) is 1. The van der Waals surface area contributed by atoms with Gasteiger partial charge in [0, 0.05) is 19.2 Å². The Labute approximate surface area is 152 Å². The van der Waals surface area contributed by atoms with Crippen LogP contribution in [-0.2, 0) is 17.8 Å². The lowest BCUT2D eigenvalue weighted by Gasteiger charge is -2.37. The van der Waals surface area contributed by atoms with E-state index in [1.165, 1.54) is 4.90 Å². The second-order valence-corrected chi connectivity index (χ2v) is 7.05. The highest BCUT2D eigenvalue weighted by atomic mass is 16.5. The second-order valence-electron chi connectivity index (χ2n) is 7.05. The number of aromatic nitrogens is 1. The largest absolute Gasteiger partial charge is 0.391 e. The molecule has 2 heterocycles. The van der Waals surface area contributed by atoms with E-state index in [4.69, 9.17) is 4.52 Å². The van der Waals surface area contributed by atoms with Crippen LogP contribution in [0.25, 0.3) is 0 Å². The first-order chi connectivity index (χ1) is 12.3. The van der Waals surface area contributed by atoms with Gasteiger partial charge in [-0.15, -0.1) is 0 Å². The summed E-state index contributed by atoms with van der Waals surface area (Å²) < 4.78 is 5.11. The molecule has 0 spiro atoms. The Kier molecular flexibility index (Phi) is 5.41. The molecule has 1 unspecified atom stereocenters. The number of benzene rings is 1. The van der Waals surface area contributed by atoms with Crippen molar-refractivity contribution in [3.63, 3.8) is 0 Å². The maximum absolute atomic E-state index is 12.7. The Hall–Kier alpha value is -2.22. The van der Waals surface area contributed by atoms with Crippen molar-refractivity contribution in [2.24, 2.45) is 0 Å². The number of hydrogen-bond acceptors (Lipinski definition) is 6. The fourth-order valence-corrected chi connectivity index (χ4v) is 3.37. The first-order valence-electron chi connectivity index (χ1n) is 8.76. The molecule has 140 valence electrons. The van der Waals surface area contributed by atoms with E-state index in [0.29, 0.717) is 24.4 Å². The molecule has 7 heteroatoms. The molecule has 2 aromatic rings. The number of aliphatic hydroxyl groups excluding tert-OH is 1. The summed E-state index contributed by atoms with van der Waals surface area (Å²) in [5.41, 5.74) is 0.406. The Balaban J connectivity index is 1.68. The van der Waals surface area contributed by atoms with Crippen LogP contribution in [0.2, 0.25) is 0 Å². The van der Waals surface area contributed by atoms with E-state index in [2.05, 4.69) is 10.5 Å². The molecule has 3 rings (SSSR count). The molecular weight excluding hydrogens is 334 g/mol. The number of β-amino-alcohol motifs (C(OH)–C–C–N with tert-alkyl or cyclic N) is 1. The number of amides is 1. The Morgan fingerprint density at radius 1 is 1.42 bits per heavy atom. The van der Waals surface area contributed by atoms with Gasteiger partial charge >= 0.3 is 0 Å². The van der Waals surface area contributed by atoms with Crippen LogP contribution in [0, 0.1) is 6.92 Å². The van der Waals surface area contributed by atoms with E-state index in [1.807, 2.05) is 30.3 Å². The summed E-state index contributed by atoms with van der Waals surface area (Å²) in [6.07, 6.45) is -0.292. The third-order valence-corrected chi connectivity index (χ3v) is 4.74. The van der Waals surface area contributed by atoms with Crippen molar-refractivity contribution in [3.05, 3.63) is 53.4 Å². The maximum atomic E-state index is 12.7. The molecule has 0 saturated carbocycles. The van der Waals surface area contributed by atoms with E-state index in [1.54, 1.807) is 19.9 Å². The van der Waals surface area contributed by atoms with Gasteiger partial charge in [-0.25, -0.2) is 0 Å². The number of carbonyl (C=O) groups is 1. The number of nitrogens with zero attached hydrogens (tertiary/aromatic N) is 2. The van der Waals surface area contributed by atoms with Crippen LogP contribution in [0.15, 0.2) is 40.9 Å². The summed E-state index contributed by atoms with van der Waals surface area (Å²) in [7, 11) is 0. The summed E-state index contributed by atoms with van der Waals surface area (Å²) in [6.45, 7) is 4.08. The van der Waals surface area contributed by atoms with E-state index < -0.39 is 17.9 Å². The topological polar surface area (TPSA) is 98.8 Å². The third kappa shape index (κ3) is 4.30.